The van der Waals surface area contributed by atoms with Crippen LogP contribution in [0.25, 0.3) is 0 Å². The van der Waals surface area contributed by atoms with E-state index in [0.717, 1.165) is 12.8 Å². The summed E-state index contributed by atoms with van der Waals surface area (Å²) in [4.78, 5) is 0. The summed E-state index contributed by atoms with van der Waals surface area (Å²) in [5.74, 6) is 0.482. The van der Waals surface area contributed by atoms with E-state index in [1.807, 2.05) is 12.1 Å². The summed E-state index contributed by atoms with van der Waals surface area (Å²) in [6, 6.07) is 6.88. The van der Waals surface area contributed by atoms with E-state index in [4.69, 9.17) is 4.74 Å². The molecule has 0 bridgehead atoms. The van der Waals surface area contributed by atoms with Gasteiger partial charge in [0.05, 0.1) is 6.10 Å². The number of halogens is 1. The largest absolute Gasteiger partial charge is 0.372 e. The van der Waals surface area contributed by atoms with Crippen molar-refractivity contribution in [3.63, 3.8) is 0 Å². The van der Waals surface area contributed by atoms with Crippen molar-refractivity contribution in [3.05, 3.63) is 35.6 Å². The Morgan fingerprint density at radius 3 is 2.43 bits per heavy atom. The van der Waals surface area contributed by atoms with Crippen LogP contribution >= 0.6 is 0 Å². The van der Waals surface area contributed by atoms with Crippen LogP contribution in [-0.2, 0) is 4.74 Å². The standard InChI is InChI=1S/C18H30FNO/c1-14(2)9-8-12-21-17(13-20-18(3,4)5)15-10-6-7-11-16(15)19/h6-7,10-11,14,17,20H,8-9,12-13H2,1-5H3. The van der Waals surface area contributed by atoms with Crippen LogP contribution in [-0.4, -0.2) is 18.7 Å². The summed E-state index contributed by atoms with van der Waals surface area (Å²) in [6.07, 6.45) is 1.91. The second kappa shape index (κ2) is 8.50. The molecule has 0 aliphatic carbocycles. The molecule has 2 nitrogen and oxygen atoms in total. The molecule has 1 N–H and O–H groups in total. The number of hydrogen-bond donors (Lipinski definition) is 1. The van der Waals surface area contributed by atoms with Gasteiger partial charge in [-0.25, -0.2) is 4.39 Å². The first-order valence-corrected chi connectivity index (χ1v) is 7.90. The molecule has 0 heterocycles. The lowest BCUT2D eigenvalue weighted by atomic mass is 10.1. The van der Waals surface area contributed by atoms with Crippen molar-refractivity contribution in [2.75, 3.05) is 13.2 Å². The molecular weight excluding hydrogens is 265 g/mol. The smallest absolute Gasteiger partial charge is 0.129 e. The van der Waals surface area contributed by atoms with Crippen molar-refractivity contribution < 1.29 is 9.13 Å². The third-order valence-corrected chi connectivity index (χ3v) is 3.31. The number of nitrogens with one attached hydrogen (secondary N) is 1. The fourth-order valence-electron chi connectivity index (χ4n) is 2.11. The first-order valence-electron chi connectivity index (χ1n) is 7.90. The number of rotatable bonds is 8. The van der Waals surface area contributed by atoms with E-state index in [1.54, 1.807) is 6.07 Å². The molecule has 120 valence electrons. The fourth-order valence-corrected chi connectivity index (χ4v) is 2.11. The zero-order valence-corrected chi connectivity index (χ0v) is 14.1. The zero-order valence-electron chi connectivity index (χ0n) is 14.1. The Morgan fingerprint density at radius 2 is 1.86 bits per heavy atom. The lowest BCUT2D eigenvalue weighted by Crippen LogP contribution is -2.39. The quantitative estimate of drug-likeness (QED) is 0.701. The van der Waals surface area contributed by atoms with Gasteiger partial charge in [0.1, 0.15) is 5.82 Å². The topological polar surface area (TPSA) is 21.3 Å². The minimum absolute atomic E-state index is 0.00913. The molecule has 0 fully saturated rings. The number of benzene rings is 1. The summed E-state index contributed by atoms with van der Waals surface area (Å²) >= 11 is 0. The van der Waals surface area contributed by atoms with Gasteiger partial charge in [0.25, 0.3) is 0 Å². The minimum Gasteiger partial charge on any atom is -0.372 e. The Morgan fingerprint density at radius 1 is 1.19 bits per heavy atom. The van der Waals surface area contributed by atoms with Crippen molar-refractivity contribution in [2.45, 2.75) is 59.1 Å². The van der Waals surface area contributed by atoms with E-state index in [-0.39, 0.29) is 17.5 Å². The van der Waals surface area contributed by atoms with Gasteiger partial charge < -0.3 is 10.1 Å². The second-order valence-electron chi connectivity index (χ2n) is 7.05. The zero-order chi connectivity index (χ0) is 15.9. The third kappa shape index (κ3) is 7.58. The lowest BCUT2D eigenvalue weighted by molar-refractivity contribution is 0.0423. The fraction of sp³-hybridized carbons (Fsp3) is 0.667. The minimum atomic E-state index is -0.238. The predicted octanol–water partition coefficient (Wildman–Crippen LogP) is 4.71. The Hall–Kier alpha value is -0.930. The molecule has 0 amide bonds. The average molecular weight is 295 g/mol. The molecule has 0 aromatic heterocycles. The molecule has 1 atom stereocenters. The molecule has 0 spiro atoms. The van der Waals surface area contributed by atoms with Gasteiger partial charge in [0.15, 0.2) is 0 Å². The monoisotopic (exact) mass is 295 g/mol. The van der Waals surface area contributed by atoms with E-state index in [0.29, 0.717) is 24.6 Å². The third-order valence-electron chi connectivity index (χ3n) is 3.31. The van der Waals surface area contributed by atoms with Gasteiger partial charge in [-0.3, -0.25) is 0 Å². The van der Waals surface area contributed by atoms with Gasteiger partial charge in [0, 0.05) is 24.3 Å². The molecule has 21 heavy (non-hydrogen) atoms. The summed E-state index contributed by atoms with van der Waals surface area (Å²) in [5.41, 5.74) is 0.629. The molecule has 0 saturated carbocycles. The normalized spacial score (nSPS) is 13.7. The summed E-state index contributed by atoms with van der Waals surface area (Å²) < 4.78 is 19.9. The molecule has 1 rings (SSSR count). The Bertz CT molecular complexity index is 412. The summed E-state index contributed by atoms with van der Waals surface area (Å²) in [5, 5.41) is 3.41. The Labute approximate surface area is 129 Å². The van der Waals surface area contributed by atoms with Gasteiger partial charge in [-0.2, -0.15) is 0 Å². The summed E-state index contributed by atoms with van der Waals surface area (Å²) in [7, 11) is 0. The van der Waals surface area contributed by atoms with Crippen molar-refractivity contribution in [1.82, 2.24) is 5.32 Å². The average Bonchev–Trinajstić information content (AvgIpc) is 2.37. The molecule has 1 aromatic carbocycles. The highest BCUT2D eigenvalue weighted by molar-refractivity contribution is 5.20. The predicted molar refractivity (Wildman–Crippen MR) is 86.9 cm³/mol. The van der Waals surface area contributed by atoms with E-state index in [1.165, 1.54) is 6.07 Å². The van der Waals surface area contributed by atoms with E-state index < -0.39 is 0 Å². The highest BCUT2D eigenvalue weighted by Gasteiger charge is 2.19. The first kappa shape index (κ1) is 18.1. The highest BCUT2D eigenvalue weighted by atomic mass is 19.1. The first-order chi connectivity index (χ1) is 9.79. The molecule has 1 aromatic rings. The molecular formula is C18H30FNO. The maximum absolute atomic E-state index is 14.0. The van der Waals surface area contributed by atoms with Gasteiger partial charge in [0.2, 0.25) is 0 Å². The van der Waals surface area contributed by atoms with Crippen molar-refractivity contribution in [3.8, 4) is 0 Å². The number of ether oxygens (including phenoxy) is 1. The maximum atomic E-state index is 14.0. The van der Waals surface area contributed by atoms with Gasteiger partial charge in [-0.1, -0.05) is 32.0 Å². The van der Waals surface area contributed by atoms with Gasteiger partial charge in [-0.05, 0) is 45.6 Å². The van der Waals surface area contributed by atoms with Gasteiger partial charge >= 0.3 is 0 Å². The van der Waals surface area contributed by atoms with Crippen LogP contribution in [0.3, 0.4) is 0 Å². The maximum Gasteiger partial charge on any atom is 0.129 e. The Kier molecular flexibility index (Phi) is 7.33. The van der Waals surface area contributed by atoms with Crippen molar-refractivity contribution >= 4 is 0 Å². The van der Waals surface area contributed by atoms with Crippen LogP contribution in [0, 0.1) is 11.7 Å². The molecule has 0 radical (unpaired) electrons. The molecule has 0 aliphatic heterocycles. The van der Waals surface area contributed by atoms with Crippen LogP contribution in [0.2, 0.25) is 0 Å². The molecule has 0 saturated heterocycles. The molecule has 0 aliphatic rings. The van der Waals surface area contributed by atoms with Crippen LogP contribution in [0.1, 0.15) is 59.1 Å². The molecule has 1 unspecified atom stereocenters. The summed E-state index contributed by atoms with van der Waals surface area (Å²) in [6.45, 7) is 12.0. The van der Waals surface area contributed by atoms with Gasteiger partial charge in [-0.15, -0.1) is 0 Å². The van der Waals surface area contributed by atoms with Crippen molar-refractivity contribution in [2.24, 2.45) is 5.92 Å². The van der Waals surface area contributed by atoms with Crippen LogP contribution in [0.5, 0.6) is 0 Å². The van der Waals surface area contributed by atoms with Crippen LogP contribution in [0.15, 0.2) is 24.3 Å². The highest BCUT2D eigenvalue weighted by Crippen LogP contribution is 2.21. The lowest BCUT2D eigenvalue weighted by Gasteiger charge is -2.26. The Balaban J connectivity index is 2.64. The number of hydrogen-bond acceptors (Lipinski definition) is 2. The van der Waals surface area contributed by atoms with E-state index in [9.17, 15) is 4.39 Å². The van der Waals surface area contributed by atoms with Crippen molar-refractivity contribution in [1.29, 1.82) is 0 Å². The van der Waals surface area contributed by atoms with Crippen LogP contribution < -0.4 is 5.32 Å². The second-order valence-corrected chi connectivity index (χ2v) is 7.05. The van der Waals surface area contributed by atoms with E-state index in [2.05, 4.69) is 39.9 Å². The SMILES string of the molecule is CC(C)CCCOC(CNC(C)(C)C)c1ccccc1F. The van der Waals surface area contributed by atoms with E-state index >= 15 is 0 Å². The van der Waals surface area contributed by atoms with Crippen LogP contribution in [0.4, 0.5) is 4.39 Å². The molecule has 3 heteroatoms.